The Bertz CT molecular complexity index is 514. The van der Waals surface area contributed by atoms with Crippen LogP contribution in [0.15, 0.2) is 16.5 Å². The number of furan rings is 1. The summed E-state index contributed by atoms with van der Waals surface area (Å²) in [5, 5.41) is 3.43. The number of likely N-dealkylation sites (tertiary alicyclic amines) is 1. The van der Waals surface area contributed by atoms with E-state index in [2.05, 4.69) is 19.2 Å². The smallest absolute Gasteiger partial charge is 0.284 e. The molecule has 1 aliphatic heterocycles. The number of amides is 1. The van der Waals surface area contributed by atoms with E-state index in [0.29, 0.717) is 42.4 Å². The molecular formula is C17H26F2N2O2S. The van der Waals surface area contributed by atoms with Crippen LogP contribution in [-0.2, 0) is 17.1 Å². The first kappa shape index (κ1) is 19.2. The van der Waals surface area contributed by atoms with Crippen molar-refractivity contribution in [2.75, 3.05) is 13.1 Å². The van der Waals surface area contributed by atoms with Crippen molar-refractivity contribution < 1.29 is 18.0 Å². The highest BCUT2D eigenvalue weighted by Crippen LogP contribution is 2.21. The lowest BCUT2D eigenvalue weighted by molar-refractivity contribution is -0.133. The van der Waals surface area contributed by atoms with Crippen molar-refractivity contribution in [3.8, 4) is 0 Å². The molecule has 0 radical (unpaired) electrons. The van der Waals surface area contributed by atoms with Gasteiger partial charge in [-0.2, -0.15) is 8.78 Å². The van der Waals surface area contributed by atoms with Crippen LogP contribution < -0.4 is 5.32 Å². The summed E-state index contributed by atoms with van der Waals surface area (Å²) in [5.41, 5.74) is 0. The van der Waals surface area contributed by atoms with Crippen LogP contribution >= 0.6 is 11.8 Å². The number of hydrogen-bond donors (Lipinski definition) is 1. The molecule has 24 heavy (non-hydrogen) atoms. The normalized spacial score (nSPS) is 16.3. The maximum Gasteiger partial charge on any atom is 0.284 e. The van der Waals surface area contributed by atoms with Gasteiger partial charge in [0.15, 0.2) is 0 Å². The van der Waals surface area contributed by atoms with E-state index in [0.717, 1.165) is 31.7 Å². The summed E-state index contributed by atoms with van der Waals surface area (Å²) in [7, 11) is 0. The van der Waals surface area contributed by atoms with Crippen molar-refractivity contribution in [3.63, 3.8) is 0 Å². The zero-order chi connectivity index (χ0) is 17.5. The molecule has 1 fully saturated rings. The number of nitrogens with one attached hydrogen (secondary N) is 1. The van der Waals surface area contributed by atoms with Crippen molar-refractivity contribution in [2.45, 2.75) is 57.2 Å². The molecule has 0 bridgehead atoms. The first-order valence-electron chi connectivity index (χ1n) is 8.42. The quantitative estimate of drug-likeness (QED) is 0.765. The number of carbonyl (C=O) groups is 1. The fourth-order valence-corrected chi connectivity index (χ4v) is 3.24. The monoisotopic (exact) mass is 360 g/mol. The third kappa shape index (κ3) is 6.43. The summed E-state index contributed by atoms with van der Waals surface area (Å²) in [5.74, 6) is -0.210. The number of piperidine rings is 1. The zero-order valence-corrected chi connectivity index (χ0v) is 15.1. The first-order chi connectivity index (χ1) is 11.4. The Labute approximate surface area is 146 Å². The van der Waals surface area contributed by atoms with Crippen molar-refractivity contribution in [2.24, 2.45) is 5.92 Å². The van der Waals surface area contributed by atoms with Gasteiger partial charge >= 0.3 is 0 Å². The molecule has 1 amide bonds. The van der Waals surface area contributed by atoms with Crippen LogP contribution in [0.25, 0.3) is 0 Å². The van der Waals surface area contributed by atoms with E-state index in [9.17, 15) is 13.6 Å². The Morgan fingerprint density at radius 2 is 2.00 bits per heavy atom. The molecule has 0 aromatic carbocycles. The van der Waals surface area contributed by atoms with Gasteiger partial charge in [-0.1, -0.05) is 25.6 Å². The third-order valence-corrected chi connectivity index (χ3v) is 4.77. The van der Waals surface area contributed by atoms with Gasteiger partial charge in [0.05, 0.1) is 12.3 Å². The lowest BCUT2D eigenvalue weighted by Crippen LogP contribution is -2.44. The molecule has 1 aromatic rings. The number of hydrogen-bond acceptors (Lipinski definition) is 4. The summed E-state index contributed by atoms with van der Waals surface area (Å²) in [6.07, 6.45) is 2.47. The molecule has 1 saturated heterocycles. The average molecular weight is 360 g/mol. The van der Waals surface area contributed by atoms with E-state index in [4.69, 9.17) is 4.42 Å². The van der Waals surface area contributed by atoms with Crippen molar-refractivity contribution in [1.29, 1.82) is 0 Å². The summed E-state index contributed by atoms with van der Waals surface area (Å²) in [6, 6.07) is 3.94. The van der Waals surface area contributed by atoms with E-state index in [-0.39, 0.29) is 11.7 Å². The van der Waals surface area contributed by atoms with E-state index in [1.54, 1.807) is 6.07 Å². The van der Waals surface area contributed by atoms with Crippen LogP contribution in [0.3, 0.4) is 0 Å². The maximum atomic E-state index is 12.2. The number of rotatable bonds is 8. The molecule has 136 valence electrons. The van der Waals surface area contributed by atoms with Gasteiger partial charge in [0.2, 0.25) is 5.91 Å². The fourth-order valence-electron chi connectivity index (χ4n) is 2.80. The average Bonchev–Trinajstić information content (AvgIpc) is 2.99. The molecule has 0 aliphatic carbocycles. The lowest BCUT2D eigenvalue weighted by Gasteiger charge is -2.32. The van der Waals surface area contributed by atoms with E-state index >= 15 is 0 Å². The first-order valence-corrected chi connectivity index (χ1v) is 9.47. The minimum Gasteiger partial charge on any atom is -0.464 e. The Hall–Kier alpha value is -1.08. The molecule has 2 rings (SSSR count). The number of nitrogens with zero attached hydrogens (tertiary/aromatic N) is 1. The van der Waals surface area contributed by atoms with E-state index < -0.39 is 5.76 Å². The van der Waals surface area contributed by atoms with Crippen LogP contribution in [-0.4, -0.2) is 35.7 Å². The highest BCUT2D eigenvalue weighted by molar-refractivity contribution is 7.98. The van der Waals surface area contributed by atoms with Crippen LogP contribution in [0.4, 0.5) is 8.78 Å². The third-order valence-electron chi connectivity index (χ3n) is 4.06. The van der Waals surface area contributed by atoms with Crippen LogP contribution in [0.1, 0.15) is 44.6 Å². The maximum absolute atomic E-state index is 12.2. The van der Waals surface area contributed by atoms with Gasteiger partial charge in [-0.05, 0) is 30.9 Å². The van der Waals surface area contributed by atoms with Gasteiger partial charge in [0, 0.05) is 25.6 Å². The van der Waals surface area contributed by atoms with Gasteiger partial charge in [-0.25, -0.2) is 0 Å². The highest BCUT2D eigenvalue weighted by Gasteiger charge is 2.23. The molecule has 2 heterocycles. The second-order valence-electron chi connectivity index (χ2n) is 6.57. The van der Waals surface area contributed by atoms with Crippen molar-refractivity contribution in [1.82, 2.24) is 10.2 Å². The second-order valence-corrected chi connectivity index (χ2v) is 7.55. The molecule has 1 aromatic heterocycles. The SMILES string of the molecule is CC(C)CC(=O)N1CCC(NCc2ccc(CSC(F)F)o2)CC1. The minimum absolute atomic E-state index is 0.189. The lowest BCUT2D eigenvalue weighted by atomic mass is 10.0. The fraction of sp³-hybridized carbons (Fsp3) is 0.706. The number of thioether (sulfide) groups is 1. The van der Waals surface area contributed by atoms with Crippen LogP contribution in [0, 0.1) is 5.92 Å². The molecule has 4 nitrogen and oxygen atoms in total. The van der Waals surface area contributed by atoms with Gasteiger partial charge in [0.25, 0.3) is 5.76 Å². The second kappa shape index (κ2) is 9.42. The number of alkyl halides is 2. The summed E-state index contributed by atoms with van der Waals surface area (Å²) < 4.78 is 29.9. The minimum atomic E-state index is -2.37. The van der Waals surface area contributed by atoms with Crippen LogP contribution in [0.5, 0.6) is 0 Å². The Kier molecular flexibility index (Phi) is 7.55. The van der Waals surface area contributed by atoms with E-state index in [1.165, 1.54) is 0 Å². The zero-order valence-electron chi connectivity index (χ0n) is 14.3. The molecule has 1 aliphatic rings. The standard InChI is InChI=1S/C17H26F2N2O2S/c1-12(2)9-16(22)21-7-5-13(6-8-21)20-10-14-3-4-15(23-14)11-24-17(18)19/h3-4,12-13,17,20H,5-11H2,1-2H3. The van der Waals surface area contributed by atoms with E-state index in [1.807, 2.05) is 11.0 Å². The highest BCUT2D eigenvalue weighted by atomic mass is 32.2. The predicted molar refractivity (Wildman–Crippen MR) is 91.9 cm³/mol. The van der Waals surface area contributed by atoms with Crippen molar-refractivity contribution >= 4 is 17.7 Å². The van der Waals surface area contributed by atoms with Crippen LogP contribution in [0.2, 0.25) is 0 Å². The predicted octanol–water partition coefficient (Wildman–Crippen LogP) is 3.86. The molecule has 0 saturated carbocycles. The summed E-state index contributed by atoms with van der Waals surface area (Å²) in [4.78, 5) is 14.0. The van der Waals surface area contributed by atoms with Gasteiger partial charge < -0.3 is 14.6 Å². The number of carbonyl (C=O) groups excluding carboxylic acids is 1. The van der Waals surface area contributed by atoms with Crippen molar-refractivity contribution in [3.05, 3.63) is 23.7 Å². The molecular weight excluding hydrogens is 334 g/mol. The van der Waals surface area contributed by atoms with Gasteiger partial charge in [-0.15, -0.1) is 0 Å². The Balaban J connectivity index is 1.68. The Morgan fingerprint density at radius 3 is 2.62 bits per heavy atom. The van der Waals surface area contributed by atoms with Gasteiger partial charge in [-0.3, -0.25) is 4.79 Å². The number of halogens is 2. The molecule has 7 heteroatoms. The summed E-state index contributed by atoms with van der Waals surface area (Å²) in [6.45, 7) is 6.28. The van der Waals surface area contributed by atoms with Gasteiger partial charge in [0.1, 0.15) is 11.5 Å². The topological polar surface area (TPSA) is 45.5 Å². The molecule has 0 unspecified atom stereocenters. The largest absolute Gasteiger partial charge is 0.464 e. The molecule has 1 N–H and O–H groups in total. The Morgan fingerprint density at radius 1 is 1.33 bits per heavy atom. The molecule has 0 spiro atoms. The molecule has 0 atom stereocenters. The summed E-state index contributed by atoms with van der Waals surface area (Å²) >= 11 is 0.566.